The number of ether oxygens (including phenoxy) is 1. The van der Waals surface area contributed by atoms with E-state index in [0.29, 0.717) is 17.9 Å². The van der Waals surface area contributed by atoms with Crippen molar-refractivity contribution in [3.63, 3.8) is 0 Å². The molecule has 0 unspecified atom stereocenters. The lowest BCUT2D eigenvalue weighted by molar-refractivity contribution is -0.127. The van der Waals surface area contributed by atoms with Gasteiger partial charge in [0.05, 0.1) is 18.8 Å². The SMILES string of the molecule is O=C(/C=C/c1ccc(Oc2cccnc2)c(F)c1)N1CCC[C@@H]1CO. The van der Waals surface area contributed by atoms with Crippen LogP contribution in [0.15, 0.2) is 48.8 Å². The lowest BCUT2D eigenvalue weighted by Gasteiger charge is -2.21. The number of rotatable bonds is 5. The molecule has 2 aromatic rings. The van der Waals surface area contributed by atoms with Gasteiger partial charge in [-0.15, -0.1) is 0 Å². The summed E-state index contributed by atoms with van der Waals surface area (Å²) >= 11 is 0. The normalized spacial score (nSPS) is 17.2. The van der Waals surface area contributed by atoms with E-state index in [2.05, 4.69) is 4.98 Å². The number of halogens is 1. The predicted molar refractivity (Wildman–Crippen MR) is 91.6 cm³/mol. The number of benzene rings is 1. The van der Waals surface area contributed by atoms with Crippen molar-refractivity contribution >= 4 is 12.0 Å². The van der Waals surface area contributed by atoms with E-state index in [1.807, 2.05) is 0 Å². The smallest absolute Gasteiger partial charge is 0.246 e. The molecule has 0 aliphatic carbocycles. The molecule has 130 valence electrons. The molecule has 0 saturated carbocycles. The van der Waals surface area contributed by atoms with Gasteiger partial charge in [-0.2, -0.15) is 0 Å². The van der Waals surface area contributed by atoms with Crippen LogP contribution >= 0.6 is 0 Å². The van der Waals surface area contributed by atoms with Crippen molar-refractivity contribution in [2.24, 2.45) is 0 Å². The molecule has 1 amide bonds. The van der Waals surface area contributed by atoms with Gasteiger partial charge in [-0.05, 0) is 48.7 Å². The molecule has 3 rings (SSSR count). The third-order valence-electron chi connectivity index (χ3n) is 4.11. The number of likely N-dealkylation sites (tertiary alicyclic amines) is 1. The van der Waals surface area contributed by atoms with Crippen LogP contribution in [0.3, 0.4) is 0 Å². The first kappa shape index (κ1) is 17.1. The first-order valence-electron chi connectivity index (χ1n) is 8.14. The molecule has 1 saturated heterocycles. The third-order valence-corrected chi connectivity index (χ3v) is 4.11. The van der Waals surface area contributed by atoms with Gasteiger partial charge < -0.3 is 14.7 Å². The van der Waals surface area contributed by atoms with Gasteiger partial charge in [0, 0.05) is 18.8 Å². The van der Waals surface area contributed by atoms with E-state index in [1.54, 1.807) is 35.4 Å². The first-order chi connectivity index (χ1) is 12.2. The van der Waals surface area contributed by atoms with Crippen molar-refractivity contribution in [1.29, 1.82) is 0 Å². The monoisotopic (exact) mass is 342 g/mol. The van der Waals surface area contributed by atoms with Crippen LogP contribution in [-0.4, -0.2) is 40.1 Å². The molecule has 1 aliphatic rings. The summed E-state index contributed by atoms with van der Waals surface area (Å²) in [5, 5.41) is 9.27. The minimum Gasteiger partial charge on any atom is -0.453 e. The number of aliphatic hydroxyl groups is 1. The summed E-state index contributed by atoms with van der Waals surface area (Å²) in [5.74, 6) is -0.152. The summed E-state index contributed by atoms with van der Waals surface area (Å²) < 4.78 is 19.6. The molecule has 1 N–H and O–H groups in total. The second kappa shape index (κ2) is 7.90. The zero-order chi connectivity index (χ0) is 17.6. The Labute approximate surface area is 145 Å². The maximum Gasteiger partial charge on any atom is 0.246 e. The Morgan fingerprint density at radius 2 is 2.32 bits per heavy atom. The molecule has 25 heavy (non-hydrogen) atoms. The molecule has 1 aromatic carbocycles. The van der Waals surface area contributed by atoms with E-state index in [-0.39, 0.29) is 24.3 Å². The average Bonchev–Trinajstić information content (AvgIpc) is 3.11. The molecule has 6 heteroatoms. The van der Waals surface area contributed by atoms with Gasteiger partial charge in [0.2, 0.25) is 5.91 Å². The van der Waals surface area contributed by atoms with Crippen LogP contribution < -0.4 is 4.74 Å². The minimum atomic E-state index is -0.521. The zero-order valence-electron chi connectivity index (χ0n) is 13.6. The Morgan fingerprint density at radius 1 is 1.44 bits per heavy atom. The van der Waals surface area contributed by atoms with E-state index in [1.165, 1.54) is 24.4 Å². The van der Waals surface area contributed by atoms with Crippen molar-refractivity contribution in [1.82, 2.24) is 9.88 Å². The molecular weight excluding hydrogens is 323 g/mol. The van der Waals surface area contributed by atoms with Crippen LogP contribution in [-0.2, 0) is 4.79 Å². The minimum absolute atomic E-state index is 0.0331. The Kier molecular flexibility index (Phi) is 5.40. The second-order valence-corrected chi connectivity index (χ2v) is 5.82. The highest BCUT2D eigenvalue weighted by molar-refractivity contribution is 5.92. The second-order valence-electron chi connectivity index (χ2n) is 5.82. The number of carbonyl (C=O) groups is 1. The largest absolute Gasteiger partial charge is 0.453 e. The summed E-state index contributed by atoms with van der Waals surface area (Å²) in [6.45, 7) is 0.606. The van der Waals surface area contributed by atoms with E-state index in [0.717, 1.165) is 12.8 Å². The lowest BCUT2D eigenvalue weighted by Crippen LogP contribution is -2.36. The molecule has 5 nitrogen and oxygen atoms in total. The fourth-order valence-corrected chi connectivity index (χ4v) is 2.82. The van der Waals surface area contributed by atoms with E-state index in [4.69, 9.17) is 4.74 Å². The molecule has 0 radical (unpaired) electrons. The van der Waals surface area contributed by atoms with Crippen LogP contribution in [0.4, 0.5) is 4.39 Å². The zero-order valence-corrected chi connectivity index (χ0v) is 13.6. The van der Waals surface area contributed by atoms with Gasteiger partial charge >= 0.3 is 0 Å². The molecule has 1 aromatic heterocycles. The van der Waals surface area contributed by atoms with Crippen LogP contribution in [0, 0.1) is 5.82 Å². The summed E-state index contributed by atoms with van der Waals surface area (Å²) in [6.07, 6.45) is 7.77. The number of hydrogen-bond acceptors (Lipinski definition) is 4. The molecule has 0 spiro atoms. The summed E-state index contributed by atoms with van der Waals surface area (Å²) in [7, 11) is 0. The Balaban J connectivity index is 1.67. The van der Waals surface area contributed by atoms with Gasteiger partial charge in [0.15, 0.2) is 11.6 Å². The highest BCUT2D eigenvalue weighted by Gasteiger charge is 2.26. The summed E-state index contributed by atoms with van der Waals surface area (Å²) in [4.78, 5) is 17.7. The number of hydrogen-bond donors (Lipinski definition) is 1. The van der Waals surface area contributed by atoms with Gasteiger partial charge in [-0.3, -0.25) is 9.78 Å². The van der Waals surface area contributed by atoms with Gasteiger partial charge in [-0.1, -0.05) is 6.07 Å². The highest BCUT2D eigenvalue weighted by atomic mass is 19.1. The number of aliphatic hydroxyl groups excluding tert-OH is 1. The van der Waals surface area contributed by atoms with Crippen molar-refractivity contribution in [3.05, 3.63) is 60.2 Å². The fraction of sp³-hybridized carbons (Fsp3) is 0.263. The van der Waals surface area contributed by atoms with Crippen LogP contribution in [0.25, 0.3) is 6.08 Å². The standard InChI is InChI=1S/C19H19FN2O3/c20-17-11-14(5-7-18(17)25-16-4-1-9-21-12-16)6-8-19(24)22-10-2-3-15(22)13-23/h1,4-9,11-12,15,23H,2-3,10,13H2/b8-6+/t15-/m1/s1. The average molecular weight is 342 g/mol. The van der Waals surface area contributed by atoms with Crippen molar-refractivity contribution in [3.8, 4) is 11.5 Å². The van der Waals surface area contributed by atoms with E-state index in [9.17, 15) is 14.3 Å². The van der Waals surface area contributed by atoms with Gasteiger partial charge in [0.25, 0.3) is 0 Å². The quantitative estimate of drug-likeness (QED) is 0.849. The highest BCUT2D eigenvalue weighted by Crippen LogP contribution is 2.25. The predicted octanol–water partition coefficient (Wildman–Crippen LogP) is 3.01. The molecule has 1 aliphatic heterocycles. The first-order valence-corrected chi connectivity index (χ1v) is 8.14. The Morgan fingerprint density at radius 3 is 3.04 bits per heavy atom. The number of aromatic nitrogens is 1. The van der Waals surface area contributed by atoms with Crippen molar-refractivity contribution in [2.45, 2.75) is 18.9 Å². The summed E-state index contributed by atoms with van der Waals surface area (Å²) in [6, 6.07) is 7.76. The van der Waals surface area contributed by atoms with Crippen molar-refractivity contribution < 1.29 is 19.0 Å². The molecule has 2 heterocycles. The molecular formula is C19H19FN2O3. The Bertz CT molecular complexity index is 765. The van der Waals surface area contributed by atoms with E-state index >= 15 is 0 Å². The lowest BCUT2D eigenvalue weighted by atomic mass is 10.2. The van der Waals surface area contributed by atoms with Crippen LogP contribution in [0.2, 0.25) is 0 Å². The van der Waals surface area contributed by atoms with Crippen LogP contribution in [0.1, 0.15) is 18.4 Å². The number of carbonyl (C=O) groups excluding carboxylic acids is 1. The topological polar surface area (TPSA) is 62.7 Å². The number of nitrogens with zero attached hydrogens (tertiary/aromatic N) is 2. The molecule has 0 bridgehead atoms. The number of amides is 1. The van der Waals surface area contributed by atoms with E-state index < -0.39 is 5.82 Å². The molecule has 1 atom stereocenters. The number of pyridine rings is 1. The maximum absolute atomic E-state index is 14.2. The maximum atomic E-state index is 14.2. The fourth-order valence-electron chi connectivity index (χ4n) is 2.82. The summed E-state index contributed by atoms with van der Waals surface area (Å²) in [5.41, 5.74) is 0.559. The van der Waals surface area contributed by atoms with Gasteiger partial charge in [0.1, 0.15) is 5.75 Å². The molecule has 1 fully saturated rings. The van der Waals surface area contributed by atoms with Gasteiger partial charge in [-0.25, -0.2) is 4.39 Å². The Hall–Kier alpha value is -2.73. The van der Waals surface area contributed by atoms with Crippen molar-refractivity contribution in [2.75, 3.05) is 13.2 Å². The third kappa shape index (κ3) is 4.22. The van der Waals surface area contributed by atoms with Crippen LogP contribution in [0.5, 0.6) is 11.5 Å².